The molecule has 7 N–H and O–H groups in total. The molecule has 3 aromatic rings. The number of hydrogen-bond acceptors (Lipinski definition) is 14. The van der Waals surface area contributed by atoms with Gasteiger partial charge in [0.15, 0.2) is 11.2 Å². The predicted molar refractivity (Wildman–Crippen MR) is 144 cm³/mol. The van der Waals surface area contributed by atoms with Crippen molar-refractivity contribution in [3.8, 4) is 0 Å². The van der Waals surface area contributed by atoms with Gasteiger partial charge in [-0.3, -0.25) is 18.9 Å². The number of carbonyl (C=O) groups excluding carboxylic acids is 1. The van der Waals surface area contributed by atoms with Gasteiger partial charge in [-0.15, -0.1) is 0 Å². The average molecular weight is 680 g/mol. The van der Waals surface area contributed by atoms with Gasteiger partial charge in [0, 0.05) is 11.3 Å². The van der Waals surface area contributed by atoms with Crippen LogP contribution in [0.5, 0.6) is 0 Å². The summed E-state index contributed by atoms with van der Waals surface area (Å²) in [6.07, 6.45) is -2.80. The first-order valence-electron chi connectivity index (χ1n) is 12.0. The van der Waals surface area contributed by atoms with Crippen molar-refractivity contribution >= 4 is 46.5 Å². The molecule has 0 amide bonds. The fourth-order valence-electron chi connectivity index (χ4n) is 4.16. The second-order valence-corrected chi connectivity index (χ2v) is 13.4. The third-order valence-corrected chi connectivity index (χ3v) is 9.68. The van der Waals surface area contributed by atoms with E-state index in [4.69, 9.17) is 35.0 Å². The number of H-pyrrole nitrogens is 1. The van der Waals surface area contributed by atoms with E-state index in [1.54, 1.807) is 6.07 Å². The zero-order valence-corrected chi connectivity index (χ0v) is 24.8. The van der Waals surface area contributed by atoms with Gasteiger partial charge in [0.25, 0.3) is 5.56 Å². The van der Waals surface area contributed by atoms with Crippen LogP contribution in [0.25, 0.3) is 21.6 Å². The number of fused-ring (bicyclic) bond motifs is 1. The Balaban J connectivity index is 1.61. The number of aromatic nitrogens is 4. The molecule has 44 heavy (non-hydrogen) atoms. The summed E-state index contributed by atoms with van der Waals surface area (Å²) >= 11 is 0. The molecule has 1 aliphatic heterocycles. The van der Waals surface area contributed by atoms with Gasteiger partial charge in [0.2, 0.25) is 5.95 Å². The van der Waals surface area contributed by atoms with Gasteiger partial charge in [-0.1, -0.05) is 30.2 Å². The number of phosphoric acid groups is 3. The Kier molecular flexibility index (Phi) is 9.77. The molecule has 22 nitrogen and oxygen atoms in total. The van der Waals surface area contributed by atoms with Crippen LogP contribution in [-0.2, 0) is 36.3 Å². The van der Waals surface area contributed by atoms with Crippen molar-refractivity contribution in [1.29, 1.82) is 0 Å². The number of aromatic amines is 1. The van der Waals surface area contributed by atoms with Gasteiger partial charge in [-0.2, -0.15) is 13.6 Å². The molecule has 1 saturated heterocycles. The SMILES string of the molecule is CC(N=[N+]=[N-])c1ccccc1C(=O)OC1C[C@H](n2cnc3c(=O)[nH]c(N)nc32)O[C@@H]1COP(=O)(O)OP(=O)(O)OP(=O)(O)O. The Hall–Kier alpha value is -3.48. The van der Waals surface area contributed by atoms with Crippen LogP contribution in [0.2, 0.25) is 0 Å². The number of hydrogen-bond donors (Lipinski definition) is 6. The number of carbonyl (C=O) groups is 1. The van der Waals surface area contributed by atoms with Crippen LogP contribution in [0.3, 0.4) is 0 Å². The van der Waals surface area contributed by atoms with E-state index in [0.29, 0.717) is 5.56 Å². The average Bonchev–Trinajstić information content (AvgIpc) is 3.49. The molecule has 1 fully saturated rings. The minimum atomic E-state index is -5.81. The molecule has 25 heteroatoms. The van der Waals surface area contributed by atoms with Crippen molar-refractivity contribution < 1.29 is 60.7 Å². The number of esters is 1. The van der Waals surface area contributed by atoms with E-state index >= 15 is 0 Å². The third-order valence-electron chi connectivity index (χ3n) is 5.87. The standard InChI is InChI=1S/C19H23N8O14P3/c1-9(25-26-21)10-4-2-3-5-11(10)18(29)39-12-6-14(27-8-22-15-16(27)23-19(20)24-17(15)28)38-13(12)7-37-43(33,34)41-44(35,36)40-42(30,31)32/h2-5,8-9,12-14H,6-7H2,1H3,(H,33,34)(H,35,36)(H2,30,31,32)(H3,20,23,24,28)/t9?,12?,13-,14-/m1/s1. The van der Waals surface area contributed by atoms with Gasteiger partial charge in [-0.25, -0.2) is 23.5 Å². The lowest BCUT2D eigenvalue weighted by atomic mass is 10.0. The topological polar surface area (TPSA) is 334 Å². The van der Waals surface area contributed by atoms with E-state index in [1.165, 1.54) is 36.0 Å². The van der Waals surface area contributed by atoms with Crippen LogP contribution in [-0.4, -0.2) is 63.9 Å². The number of phosphoric ester groups is 1. The summed E-state index contributed by atoms with van der Waals surface area (Å²) in [4.78, 5) is 75.2. The van der Waals surface area contributed by atoms with Crippen molar-refractivity contribution in [2.75, 3.05) is 12.3 Å². The maximum atomic E-state index is 13.3. The lowest BCUT2D eigenvalue weighted by Crippen LogP contribution is -2.31. The van der Waals surface area contributed by atoms with Gasteiger partial charge < -0.3 is 34.8 Å². The van der Waals surface area contributed by atoms with Crippen LogP contribution < -0.4 is 11.3 Å². The van der Waals surface area contributed by atoms with Crippen molar-refractivity contribution in [1.82, 2.24) is 19.5 Å². The molecule has 0 saturated carbocycles. The van der Waals surface area contributed by atoms with E-state index in [1.807, 2.05) is 0 Å². The van der Waals surface area contributed by atoms with E-state index in [0.717, 1.165) is 0 Å². The largest absolute Gasteiger partial charge is 0.490 e. The molecule has 4 rings (SSSR count). The van der Waals surface area contributed by atoms with Crippen LogP contribution in [0.15, 0.2) is 40.5 Å². The van der Waals surface area contributed by atoms with Crippen LogP contribution in [0, 0.1) is 0 Å². The number of ether oxygens (including phenoxy) is 2. The molecule has 4 unspecified atom stereocenters. The Morgan fingerprint density at radius 3 is 2.64 bits per heavy atom. The number of imidazole rings is 1. The maximum Gasteiger partial charge on any atom is 0.490 e. The van der Waals surface area contributed by atoms with E-state index in [-0.39, 0.29) is 29.1 Å². The van der Waals surface area contributed by atoms with Crippen LogP contribution in [0.4, 0.5) is 5.95 Å². The normalized spacial score (nSPS) is 22.1. The van der Waals surface area contributed by atoms with Crippen molar-refractivity contribution in [3.05, 3.63) is 62.5 Å². The highest BCUT2D eigenvalue weighted by Crippen LogP contribution is 2.66. The molecule has 238 valence electrons. The summed E-state index contributed by atoms with van der Waals surface area (Å²) < 4.78 is 59.8. The zero-order valence-electron chi connectivity index (χ0n) is 22.1. The summed E-state index contributed by atoms with van der Waals surface area (Å²) in [7, 11) is -17.0. The molecule has 2 aromatic heterocycles. The Morgan fingerprint density at radius 1 is 1.25 bits per heavy atom. The number of benzene rings is 1. The van der Waals surface area contributed by atoms with Crippen molar-refractivity contribution in [3.63, 3.8) is 0 Å². The van der Waals surface area contributed by atoms with E-state index in [2.05, 4.69) is 33.6 Å². The molecule has 1 aliphatic rings. The van der Waals surface area contributed by atoms with Gasteiger partial charge >= 0.3 is 29.4 Å². The highest BCUT2D eigenvalue weighted by molar-refractivity contribution is 7.66. The first-order valence-corrected chi connectivity index (χ1v) is 16.5. The molecule has 0 spiro atoms. The quantitative estimate of drug-likeness (QED) is 0.0523. The number of azide groups is 1. The molecule has 0 bridgehead atoms. The summed E-state index contributed by atoms with van der Waals surface area (Å²) in [6, 6.07) is 5.28. The highest BCUT2D eigenvalue weighted by atomic mass is 31.3. The minimum absolute atomic E-state index is 0.0107. The molecule has 0 aliphatic carbocycles. The lowest BCUT2D eigenvalue weighted by Gasteiger charge is -2.21. The molecular formula is C19H23N8O14P3. The number of nitrogens with two attached hydrogens (primary N) is 1. The number of anilines is 1. The zero-order chi connectivity index (χ0) is 32.4. The summed E-state index contributed by atoms with van der Waals surface area (Å²) in [6.45, 7) is 0.578. The lowest BCUT2D eigenvalue weighted by molar-refractivity contribution is -0.0490. The molecular weight excluding hydrogens is 657 g/mol. The summed E-state index contributed by atoms with van der Waals surface area (Å²) in [5.74, 6) is -1.17. The van der Waals surface area contributed by atoms with Crippen molar-refractivity contribution in [2.45, 2.75) is 37.8 Å². The Labute approximate surface area is 244 Å². The monoisotopic (exact) mass is 680 g/mol. The third kappa shape index (κ3) is 8.16. The molecule has 1 aromatic carbocycles. The summed E-state index contributed by atoms with van der Waals surface area (Å²) in [5, 5.41) is 3.58. The van der Waals surface area contributed by atoms with Crippen LogP contribution >= 0.6 is 23.5 Å². The molecule has 3 heterocycles. The molecule has 0 radical (unpaired) electrons. The van der Waals surface area contributed by atoms with Crippen molar-refractivity contribution in [2.24, 2.45) is 5.11 Å². The van der Waals surface area contributed by atoms with Crippen LogP contribution in [0.1, 0.15) is 41.5 Å². The smallest absolute Gasteiger partial charge is 0.456 e. The van der Waals surface area contributed by atoms with Gasteiger partial charge in [0.1, 0.15) is 18.4 Å². The fourth-order valence-corrected chi connectivity index (χ4v) is 7.19. The highest BCUT2D eigenvalue weighted by Gasteiger charge is 2.44. The Morgan fingerprint density at radius 2 is 1.95 bits per heavy atom. The van der Waals surface area contributed by atoms with E-state index < -0.39 is 66.1 Å². The second-order valence-electron chi connectivity index (χ2n) is 8.94. The maximum absolute atomic E-state index is 13.3. The van der Waals surface area contributed by atoms with Gasteiger partial charge in [0.05, 0.1) is 24.5 Å². The second kappa shape index (κ2) is 12.9. The number of nitrogens with one attached hydrogen (secondary N) is 1. The first-order chi connectivity index (χ1) is 20.5. The first kappa shape index (κ1) is 33.4. The number of nitrogen functional groups attached to an aromatic ring is 1. The fraction of sp³-hybridized carbons (Fsp3) is 0.368. The summed E-state index contributed by atoms with van der Waals surface area (Å²) in [5.41, 5.74) is 14.0. The minimum Gasteiger partial charge on any atom is -0.456 e. The molecule has 6 atom stereocenters. The Bertz CT molecular complexity index is 1820. The number of nitrogens with zero attached hydrogens (tertiary/aromatic N) is 6. The number of rotatable bonds is 12. The van der Waals surface area contributed by atoms with Gasteiger partial charge in [-0.05, 0) is 17.2 Å². The van der Waals surface area contributed by atoms with E-state index in [9.17, 15) is 33.1 Å². The predicted octanol–water partition coefficient (Wildman–Crippen LogP) is 1.93.